The zero-order chi connectivity index (χ0) is 13.4. The van der Waals surface area contributed by atoms with E-state index in [4.69, 9.17) is 5.11 Å². The third kappa shape index (κ3) is 2.02. The van der Waals surface area contributed by atoms with Crippen molar-refractivity contribution in [2.75, 3.05) is 19.7 Å². The molecule has 0 amide bonds. The highest BCUT2D eigenvalue weighted by atomic mass is 16.3. The Morgan fingerprint density at radius 3 is 2.95 bits per heavy atom. The van der Waals surface area contributed by atoms with Gasteiger partial charge in [-0.3, -0.25) is 9.69 Å². The lowest BCUT2D eigenvalue weighted by atomic mass is 10.2. The molecule has 0 unspecified atom stereocenters. The fourth-order valence-corrected chi connectivity index (χ4v) is 2.36. The molecular formula is C12H14N4O3. The van der Waals surface area contributed by atoms with Crippen LogP contribution in [0.5, 0.6) is 0 Å². The molecule has 2 aromatic rings. The molecule has 0 radical (unpaired) electrons. The maximum Gasteiger partial charge on any atom is 0.275 e. The summed E-state index contributed by atoms with van der Waals surface area (Å²) in [6.45, 7) is 1.36. The second kappa shape index (κ2) is 4.52. The lowest BCUT2D eigenvalue weighted by Gasteiger charge is -2.14. The standard InChI is InChI=1S/C12H14N4O3/c17-5-8-3-16(4-9(8)18)2-7-1-13-11-10(7)14-6-15-12(11)19/h1,6,13,17-18H,2-5H2,(H,14,15,19). The summed E-state index contributed by atoms with van der Waals surface area (Å²) >= 11 is 0. The summed E-state index contributed by atoms with van der Waals surface area (Å²) in [5, 5.41) is 18.7. The first-order valence-electron chi connectivity index (χ1n) is 5.95. The van der Waals surface area contributed by atoms with Gasteiger partial charge in [0.05, 0.1) is 25.0 Å². The summed E-state index contributed by atoms with van der Waals surface area (Å²) in [5.74, 6) is 0.230. The molecule has 3 heterocycles. The van der Waals surface area contributed by atoms with Crippen molar-refractivity contribution in [3.63, 3.8) is 0 Å². The average molecular weight is 262 g/mol. The number of aliphatic hydroxyl groups is 2. The van der Waals surface area contributed by atoms with Crippen molar-refractivity contribution in [1.29, 1.82) is 0 Å². The summed E-state index contributed by atoms with van der Waals surface area (Å²) < 4.78 is 0. The molecule has 0 fully saturated rings. The molecule has 4 N–H and O–H groups in total. The Bertz CT molecular complexity index is 700. The van der Waals surface area contributed by atoms with Gasteiger partial charge in [-0.05, 0) is 0 Å². The fourth-order valence-electron chi connectivity index (χ4n) is 2.36. The monoisotopic (exact) mass is 262 g/mol. The predicted molar refractivity (Wildman–Crippen MR) is 68.7 cm³/mol. The summed E-state index contributed by atoms with van der Waals surface area (Å²) in [6.07, 6.45) is 3.13. The Hall–Kier alpha value is -2.12. The van der Waals surface area contributed by atoms with Crippen molar-refractivity contribution in [2.45, 2.75) is 6.54 Å². The van der Waals surface area contributed by atoms with Gasteiger partial charge in [-0.15, -0.1) is 0 Å². The second-order valence-electron chi connectivity index (χ2n) is 4.62. The van der Waals surface area contributed by atoms with Gasteiger partial charge in [-0.25, -0.2) is 4.98 Å². The van der Waals surface area contributed by atoms with Gasteiger partial charge in [0.25, 0.3) is 5.56 Å². The third-order valence-electron chi connectivity index (χ3n) is 3.33. The molecule has 0 saturated carbocycles. The van der Waals surface area contributed by atoms with Crippen molar-refractivity contribution < 1.29 is 10.2 Å². The van der Waals surface area contributed by atoms with Crippen LogP contribution in [-0.2, 0) is 6.54 Å². The van der Waals surface area contributed by atoms with E-state index in [0.717, 1.165) is 5.56 Å². The molecule has 1 aliphatic heterocycles. The van der Waals surface area contributed by atoms with Crippen LogP contribution in [0.2, 0.25) is 0 Å². The minimum atomic E-state index is -0.199. The summed E-state index contributed by atoms with van der Waals surface area (Å²) in [5.41, 5.74) is 2.44. The summed E-state index contributed by atoms with van der Waals surface area (Å²) in [6, 6.07) is 0. The zero-order valence-electron chi connectivity index (χ0n) is 10.2. The molecule has 0 saturated heterocycles. The predicted octanol–water partition coefficient (Wildman–Crippen LogP) is -0.129. The molecule has 7 heteroatoms. The molecular weight excluding hydrogens is 248 g/mol. The van der Waals surface area contributed by atoms with Crippen LogP contribution in [0, 0.1) is 0 Å². The van der Waals surface area contributed by atoms with Gasteiger partial charge in [0.1, 0.15) is 11.3 Å². The van der Waals surface area contributed by atoms with E-state index in [1.807, 2.05) is 4.90 Å². The van der Waals surface area contributed by atoms with Crippen molar-refractivity contribution >= 4 is 11.0 Å². The van der Waals surface area contributed by atoms with E-state index in [2.05, 4.69) is 15.0 Å². The molecule has 7 nitrogen and oxygen atoms in total. The number of H-pyrrole nitrogens is 2. The van der Waals surface area contributed by atoms with E-state index >= 15 is 0 Å². The second-order valence-corrected chi connectivity index (χ2v) is 4.62. The SMILES string of the molecule is O=c1[nH]cnc2c(CN3CC(O)=C(CO)C3)c[nH]c12. The minimum absolute atomic E-state index is 0.131. The van der Waals surface area contributed by atoms with Crippen LogP contribution in [0.4, 0.5) is 0 Å². The molecule has 1 aliphatic rings. The number of hydrogen-bond donors (Lipinski definition) is 4. The van der Waals surface area contributed by atoms with Crippen LogP contribution in [0.25, 0.3) is 11.0 Å². The molecule has 2 aromatic heterocycles. The largest absolute Gasteiger partial charge is 0.511 e. The van der Waals surface area contributed by atoms with Crippen molar-refractivity contribution in [2.24, 2.45) is 0 Å². The number of aliphatic hydroxyl groups excluding tert-OH is 2. The van der Waals surface area contributed by atoms with Crippen LogP contribution in [-0.4, -0.2) is 49.8 Å². The van der Waals surface area contributed by atoms with Gasteiger partial charge in [0, 0.05) is 30.4 Å². The van der Waals surface area contributed by atoms with Gasteiger partial charge in [-0.1, -0.05) is 0 Å². The van der Waals surface area contributed by atoms with Crippen LogP contribution >= 0.6 is 0 Å². The summed E-state index contributed by atoms with van der Waals surface area (Å²) in [4.78, 5) is 23.1. The first-order valence-corrected chi connectivity index (χ1v) is 5.95. The maximum atomic E-state index is 11.6. The van der Waals surface area contributed by atoms with Gasteiger partial charge < -0.3 is 20.2 Å². The van der Waals surface area contributed by atoms with Gasteiger partial charge in [0.15, 0.2) is 0 Å². The Morgan fingerprint density at radius 1 is 1.37 bits per heavy atom. The van der Waals surface area contributed by atoms with Gasteiger partial charge in [0.2, 0.25) is 0 Å². The molecule has 19 heavy (non-hydrogen) atoms. The lowest BCUT2D eigenvalue weighted by molar-refractivity contribution is 0.291. The molecule has 0 aliphatic carbocycles. The minimum Gasteiger partial charge on any atom is -0.511 e. The van der Waals surface area contributed by atoms with E-state index in [1.165, 1.54) is 6.33 Å². The van der Waals surface area contributed by atoms with Crippen molar-refractivity contribution in [1.82, 2.24) is 19.9 Å². The quantitative estimate of drug-likeness (QED) is 0.616. The molecule has 0 atom stereocenters. The molecule has 0 spiro atoms. The average Bonchev–Trinajstić information content (AvgIpc) is 2.95. The van der Waals surface area contributed by atoms with E-state index in [0.29, 0.717) is 36.2 Å². The molecule has 3 rings (SSSR count). The van der Waals surface area contributed by atoms with E-state index < -0.39 is 0 Å². The van der Waals surface area contributed by atoms with Crippen LogP contribution < -0.4 is 5.56 Å². The Labute approximate surface area is 108 Å². The normalized spacial score (nSPS) is 16.7. The number of nitrogens with zero attached hydrogens (tertiary/aromatic N) is 2. The van der Waals surface area contributed by atoms with E-state index in [-0.39, 0.29) is 17.9 Å². The Morgan fingerprint density at radius 2 is 2.21 bits per heavy atom. The Kier molecular flexibility index (Phi) is 2.84. The molecule has 0 aromatic carbocycles. The van der Waals surface area contributed by atoms with E-state index in [9.17, 15) is 9.90 Å². The number of hydrogen-bond acceptors (Lipinski definition) is 5. The first kappa shape index (κ1) is 11.9. The van der Waals surface area contributed by atoms with Gasteiger partial charge >= 0.3 is 0 Å². The van der Waals surface area contributed by atoms with Crippen LogP contribution in [0.15, 0.2) is 28.7 Å². The first-order chi connectivity index (χ1) is 9.19. The highest BCUT2D eigenvalue weighted by molar-refractivity contribution is 5.77. The van der Waals surface area contributed by atoms with Crippen molar-refractivity contribution in [3.8, 4) is 0 Å². The number of fused-ring (bicyclic) bond motifs is 1. The van der Waals surface area contributed by atoms with Crippen molar-refractivity contribution in [3.05, 3.63) is 39.8 Å². The zero-order valence-corrected chi connectivity index (χ0v) is 10.2. The highest BCUT2D eigenvalue weighted by Crippen LogP contribution is 2.20. The number of aromatic nitrogens is 3. The number of nitrogens with one attached hydrogen (secondary N) is 2. The number of rotatable bonds is 3. The third-order valence-corrected chi connectivity index (χ3v) is 3.33. The Balaban J connectivity index is 1.84. The van der Waals surface area contributed by atoms with Gasteiger partial charge in [-0.2, -0.15) is 0 Å². The fraction of sp³-hybridized carbons (Fsp3) is 0.333. The topological polar surface area (TPSA) is 105 Å². The highest BCUT2D eigenvalue weighted by Gasteiger charge is 2.22. The summed E-state index contributed by atoms with van der Waals surface area (Å²) in [7, 11) is 0. The lowest BCUT2D eigenvalue weighted by Crippen LogP contribution is -2.21. The molecule has 0 bridgehead atoms. The van der Waals surface area contributed by atoms with E-state index in [1.54, 1.807) is 6.20 Å². The smallest absolute Gasteiger partial charge is 0.275 e. The number of aromatic amines is 2. The van der Waals surface area contributed by atoms with Crippen LogP contribution in [0.3, 0.4) is 0 Å². The molecule has 100 valence electrons. The van der Waals surface area contributed by atoms with Crippen LogP contribution in [0.1, 0.15) is 5.56 Å². The maximum absolute atomic E-state index is 11.6.